The van der Waals surface area contributed by atoms with Gasteiger partial charge < -0.3 is 10.4 Å². The number of halogens is 2. The highest BCUT2D eigenvalue weighted by atomic mass is 19.2. The van der Waals surface area contributed by atoms with Gasteiger partial charge in [-0.15, -0.1) is 0 Å². The summed E-state index contributed by atoms with van der Waals surface area (Å²) in [5.41, 5.74) is -0.284. The number of hydrogen-bond acceptors (Lipinski definition) is 3. The fourth-order valence-corrected chi connectivity index (χ4v) is 2.20. The molecule has 0 aromatic heterocycles. The minimum atomic E-state index is -1.15. The summed E-state index contributed by atoms with van der Waals surface area (Å²) >= 11 is 0. The Hall–Kier alpha value is -2.31. The van der Waals surface area contributed by atoms with Crippen LogP contribution in [0.5, 0.6) is 0 Å². The standard InChI is InChI=1S/C15H16F2N2O3/c1-15(2,3)6-11(14(21)22)18-12-7-4-9(16)10(17)5-8(7)13(20)19-12/h4-5,11H,6H2,1-3H3,(H,21,22)(H,18,19,20). The van der Waals surface area contributed by atoms with Gasteiger partial charge in [0.2, 0.25) is 0 Å². The summed E-state index contributed by atoms with van der Waals surface area (Å²) < 4.78 is 26.6. The van der Waals surface area contributed by atoms with Crippen LogP contribution in [0.2, 0.25) is 0 Å². The second-order valence-electron chi connectivity index (χ2n) is 6.36. The minimum Gasteiger partial charge on any atom is -0.480 e. The third-order valence-electron chi connectivity index (χ3n) is 3.17. The van der Waals surface area contributed by atoms with E-state index in [1.54, 1.807) is 0 Å². The smallest absolute Gasteiger partial charge is 0.328 e. The molecule has 1 atom stereocenters. The van der Waals surface area contributed by atoms with Crippen LogP contribution >= 0.6 is 0 Å². The fourth-order valence-electron chi connectivity index (χ4n) is 2.20. The molecule has 1 amide bonds. The maximum Gasteiger partial charge on any atom is 0.328 e. The average molecular weight is 310 g/mol. The summed E-state index contributed by atoms with van der Waals surface area (Å²) in [6.07, 6.45) is 0.237. The second kappa shape index (κ2) is 5.47. The van der Waals surface area contributed by atoms with Gasteiger partial charge in [-0.05, 0) is 24.0 Å². The number of amides is 1. The monoisotopic (exact) mass is 310 g/mol. The van der Waals surface area contributed by atoms with Crippen molar-refractivity contribution in [2.24, 2.45) is 10.4 Å². The molecule has 5 nitrogen and oxygen atoms in total. The predicted molar refractivity (Wildman–Crippen MR) is 75.9 cm³/mol. The lowest BCUT2D eigenvalue weighted by atomic mass is 9.88. The number of aliphatic imine (C=N–C) groups is 1. The van der Waals surface area contributed by atoms with E-state index in [-0.39, 0.29) is 28.8 Å². The van der Waals surface area contributed by atoms with Crippen molar-refractivity contribution >= 4 is 17.7 Å². The van der Waals surface area contributed by atoms with E-state index >= 15 is 0 Å². The zero-order chi connectivity index (χ0) is 16.7. The molecule has 0 saturated carbocycles. The lowest BCUT2D eigenvalue weighted by Crippen LogP contribution is -2.29. The maximum atomic E-state index is 13.4. The van der Waals surface area contributed by atoms with Crippen LogP contribution in [0, 0.1) is 17.0 Å². The SMILES string of the molecule is CC(C)(C)CC(N=C1NC(=O)c2cc(F)c(F)cc21)C(=O)O. The lowest BCUT2D eigenvalue weighted by molar-refractivity contribution is -0.139. The summed E-state index contributed by atoms with van der Waals surface area (Å²) in [5, 5.41) is 11.6. The summed E-state index contributed by atoms with van der Waals surface area (Å²) in [5.74, 6) is -4.08. The van der Waals surface area contributed by atoms with E-state index in [0.717, 1.165) is 12.1 Å². The van der Waals surface area contributed by atoms with Crippen molar-refractivity contribution in [3.05, 3.63) is 34.9 Å². The lowest BCUT2D eigenvalue weighted by Gasteiger charge is -2.21. The third-order valence-corrected chi connectivity index (χ3v) is 3.17. The molecular weight excluding hydrogens is 294 g/mol. The molecule has 0 spiro atoms. The number of nitrogens with zero attached hydrogens (tertiary/aromatic N) is 1. The number of carbonyl (C=O) groups is 2. The van der Waals surface area contributed by atoms with Crippen LogP contribution in [0.4, 0.5) is 8.78 Å². The van der Waals surface area contributed by atoms with Crippen molar-refractivity contribution in [3.63, 3.8) is 0 Å². The highest BCUT2D eigenvalue weighted by molar-refractivity contribution is 6.23. The second-order valence-corrected chi connectivity index (χ2v) is 6.36. The van der Waals surface area contributed by atoms with Gasteiger partial charge in [0, 0.05) is 5.56 Å². The topological polar surface area (TPSA) is 78.8 Å². The first-order chi connectivity index (χ1) is 10.1. The molecule has 0 radical (unpaired) electrons. The minimum absolute atomic E-state index is 0.0458. The van der Waals surface area contributed by atoms with Gasteiger partial charge in [0.25, 0.3) is 5.91 Å². The normalized spacial score (nSPS) is 17.3. The number of hydrogen-bond donors (Lipinski definition) is 2. The number of carbonyl (C=O) groups excluding carboxylic acids is 1. The molecule has 0 fully saturated rings. The van der Waals surface area contributed by atoms with E-state index in [0.29, 0.717) is 0 Å². The van der Waals surface area contributed by atoms with Gasteiger partial charge in [-0.3, -0.25) is 9.79 Å². The van der Waals surface area contributed by atoms with Crippen LogP contribution < -0.4 is 5.32 Å². The van der Waals surface area contributed by atoms with E-state index in [1.807, 2.05) is 20.8 Å². The Balaban J connectivity index is 2.44. The number of fused-ring (bicyclic) bond motifs is 1. The van der Waals surface area contributed by atoms with Gasteiger partial charge >= 0.3 is 5.97 Å². The predicted octanol–water partition coefficient (Wildman–Crippen LogP) is 2.34. The average Bonchev–Trinajstić information content (AvgIpc) is 2.64. The molecule has 1 aromatic carbocycles. The van der Waals surface area contributed by atoms with Crippen molar-refractivity contribution in [1.29, 1.82) is 0 Å². The van der Waals surface area contributed by atoms with Gasteiger partial charge in [0.15, 0.2) is 11.6 Å². The van der Waals surface area contributed by atoms with Gasteiger partial charge in [-0.1, -0.05) is 20.8 Å². The van der Waals surface area contributed by atoms with E-state index in [4.69, 9.17) is 0 Å². The maximum absolute atomic E-state index is 13.4. The van der Waals surface area contributed by atoms with Crippen molar-refractivity contribution < 1.29 is 23.5 Å². The molecule has 0 bridgehead atoms. The molecule has 0 saturated heterocycles. The third kappa shape index (κ3) is 3.29. The molecule has 0 aliphatic carbocycles. The van der Waals surface area contributed by atoms with Gasteiger partial charge in [-0.25, -0.2) is 13.6 Å². The Bertz CT molecular complexity index is 678. The molecule has 22 heavy (non-hydrogen) atoms. The van der Waals surface area contributed by atoms with Crippen LogP contribution in [0.25, 0.3) is 0 Å². The number of aliphatic carboxylic acids is 1. The number of rotatable bonds is 3. The highest BCUT2D eigenvalue weighted by Gasteiger charge is 2.30. The largest absolute Gasteiger partial charge is 0.480 e. The first-order valence-electron chi connectivity index (χ1n) is 6.70. The zero-order valence-electron chi connectivity index (χ0n) is 12.4. The first-order valence-corrected chi connectivity index (χ1v) is 6.70. The van der Waals surface area contributed by atoms with Crippen LogP contribution in [0.1, 0.15) is 43.1 Å². The highest BCUT2D eigenvalue weighted by Crippen LogP contribution is 2.25. The number of carboxylic acids is 1. The molecule has 1 heterocycles. The quantitative estimate of drug-likeness (QED) is 0.899. The van der Waals surface area contributed by atoms with Crippen molar-refractivity contribution in [2.45, 2.75) is 33.2 Å². The van der Waals surface area contributed by atoms with E-state index < -0.39 is 29.6 Å². The molecular formula is C15H16F2N2O3. The van der Waals surface area contributed by atoms with E-state index in [1.165, 1.54) is 0 Å². The van der Waals surface area contributed by atoms with Crippen molar-refractivity contribution in [2.75, 3.05) is 0 Å². The molecule has 1 unspecified atom stereocenters. The molecule has 1 aromatic rings. The Morgan fingerprint density at radius 1 is 1.27 bits per heavy atom. The summed E-state index contributed by atoms with van der Waals surface area (Å²) in [7, 11) is 0. The fraction of sp³-hybridized carbons (Fsp3) is 0.400. The first kappa shape index (κ1) is 16.1. The number of nitrogens with one attached hydrogen (secondary N) is 1. The van der Waals surface area contributed by atoms with Crippen LogP contribution in [0.3, 0.4) is 0 Å². The van der Waals surface area contributed by atoms with Gasteiger partial charge in [0.05, 0.1) is 5.56 Å². The summed E-state index contributed by atoms with van der Waals surface area (Å²) in [4.78, 5) is 27.1. The van der Waals surface area contributed by atoms with Crippen LogP contribution in [-0.4, -0.2) is 28.9 Å². The molecule has 7 heteroatoms. The van der Waals surface area contributed by atoms with Crippen LogP contribution in [0.15, 0.2) is 17.1 Å². The van der Waals surface area contributed by atoms with E-state index in [2.05, 4.69) is 10.3 Å². The molecule has 1 aliphatic heterocycles. The van der Waals surface area contributed by atoms with Crippen molar-refractivity contribution in [3.8, 4) is 0 Å². The zero-order valence-corrected chi connectivity index (χ0v) is 12.4. The van der Waals surface area contributed by atoms with Crippen LogP contribution in [-0.2, 0) is 4.79 Å². The van der Waals surface area contributed by atoms with Gasteiger partial charge in [-0.2, -0.15) is 0 Å². The molecule has 2 N–H and O–H groups in total. The Morgan fingerprint density at radius 3 is 2.32 bits per heavy atom. The molecule has 118 valence electrons. The van der Waals surface area contributed by atoms with Crippen molar-refractivity contribution in [1.82, 2.24) is 5.32 Å². The Morgan fingerprint density at radius 2 is 1.82 bits per heavy atom. The number of amidine groups is 1. The summed E-state index contributed by atoms with van der Waals surface area (Å²) in [6, 6.07) is 0.536. The Labute approximate surface area is 126 Å². The number of carboxylic acid groups (broad SMARTS) is 1. The number of benzene rings is 1. The molecule has 2 rings (SSSR count). The summed E-state index contributed by atoms with van der Waals surface area (Å²) in [6.45, 7) is 5.58. The molecule has 1 aliphatic rings. The Kier molecular flexibility index (Phi) is 4.00. The van der Waals surface area contributed by atoms with Gasteiger partial charge in [0.1, 0.15) is 11.9 Å². The van der Waals surface area contributed by atoms with E-state index in [9.17, 15) is 23.5 Å².